The van der Waals surface area contributed by atoms with Crippen LogP contribution in [0.15, 0.2) is 48.5 Å². The second-order valence-electron chi connectivity index (χ2n) is 13.3. The fraction of sp³-hybridized carbons (Fsp3) is 0.690. The lowest BCUT2D eigenvalue weighted by Crippen LogP contribution is -2.08. The first kappa shape index (κ1) is 39.1. The third-order valence-electron chi connectivity index (χ3n) is 9.18. The number of rotatable bonds is 29. The van der Waals surface area contributed by atoms with Crippen LogP contribution >= 0.6 is 0 Å². The van der Waals surface area contributed by atoms with Gasteiger partial charge in [0, 0.05) is 6.61 Å². The van der Waals surface area contributed by atoms with Crippen LogP contribution in [0, 0.1) is 0 Å². The zero-order valence-electron chi connectivity index (χ0n) is 29.6. The van der Waals surface area contributed by atoms with Crippen molar-refractivity contribution in [3.8, 4) is 5.75 Å². The fourth-order valence-electron chi connectivity index (χ4n) is 6.07. The van der Waals surface area contributed by atoms with Gasteiger partial charge in [-0.25, -0.2) is 4.79 Å². The van der Waals surface area contributed by atoms with E-state index >= 15 is 0 Å². The van der Waals surface area contributed by atoms with E-state index in [1.807, 2.05) is 36.4 Å². The van der Waals surface area contributed by atoms with Gasteiger partial charge >= 0.3 is 5.97 Å². The zero-order valence-corrected chi connectivity index (χ0v) is 29.6. The Kier molecular flexibility index (Phi) is 23.5. The van der Waals surface area contributed by atoms with E-state index in [9.17, 15) is 4.79 Å². The summed E-state index contributed by atoms with van der Waals surface area (Å²) < 4.78 is 11.7. The van der Waals surface area contributed by atoms with E-state index in [2.05, 4.69) is 32.9 Å². The quantitative estimate of drug-likeness (QED) is 0.0515. The second kappa shape index (κ2) is 27.0. The Morgan fingerprint density at radius 3 is 1.42 bits per heavy atom. The minimum atomic E-state index is -0.305. The first-order valence-electron chi connectivity index (χ1n) is 19.2. The Balaban J connectivity index is 1.52. The van der Waals surface area contributed by atoms with Crippen LogP contribution in [0.25, 0.3) is 0 Å². The van der Waals surface area contributed by atoms with Crippen molar-refractivity contribution in [1.29, 1.82) is 0 Å². The molecule has 0 amide bonds. The van der Waals surface area contributed by atoms with E-state index in [1.165, 1.54) is 147 Å². The summed E-state index contributed by atoms with van der Waals surface area (Å²) in [5.74, 6) is 0.266. The van der Waals surface area contributed by atoms with E-state index in [-0.39, 0.29) is 12.1 Å². The normalized spacial score (nSPS) is 12.0. The second-order valence-corrected chi connectivity index (χ2v) is 13.3. The first-order valence-corrected chi connectivity index (χ1v) is 19.2. The summed E-state index contributed by atoms with van der Waals surface area (Å²) in [4.78, 5) is 12.7. The van der Waals surface area contributed by atoms with Crippen LogP contribution in [0.1, 0.15) is 196 Å². The highest BCUT2D eigenvalue weighted by atomic mass is 16.5. The molecule has 0 saturated heterocycles. The molecule has 0 bridgehead atoms. The minimum absolute atomic E-state index is 0.0377. The lowest BCUT2D eigenvalue weighted by atomic mass is 10.0. The molecule has 0 N–H and O–H groups in total. The molecular weight excluding hydrogens is 552 g/mol. The van der Waals surface area contributed by atoms with Crippen LogP contribution in [0.3, 0.4) is 0 Å². The van der Waals surface area contributed by atoms with E-state index in [4.69, 9.17) is 9.47 Å². The summed E-state index contributed by atoms with van der Waals surface area (Å²) in [6, 6.07) is 15.7. The number of hydrogen-bond acceptors (Lipinski definition) is 3. The standard InChI is InChI=1S/C42H68O3/c1-4-6-8-10-12-14-16-17-18-19-21-23-25-27-38-28-30-40(31-29-38)42(43)45-41-34-32-39(33-35-41)37(3)44-36-26-24-22-20-15-13-11-9-7-5-2/h28-35,37H,4-27,36H2,1-3H3. The van der Waals surface area contributed by atoms with Gasteiger partial charge in [0.25, 0.3) is 0 Å². The van der Waals surface area contributed by atoms with Gasteiger partial charge in [-0.15, -0.1) is 0 Å². The van der Waals surface area contributed by atoms with E-state index < -0.39 is 0 Å². The first-order chi connectivity index (χ1) is 22.1. The fourth-order valence-corrected chi connectivity index (χ4v) is 6.07. The number of carbonyl (C=O) groups is 1. The van der Waals surface area contributed by atoms with Crippen molar-refractivity contribution >= 4 is 5.97 Å². The zero-order chi connectivity index (χ0) is 32.2. The van der Waals surface area contributed by atoms with Crippen molar-refractivity contribution in [1.82, 2.24) is 0 Å². The molecule has 45 heavy (non-hydrogen) atoms. The molecule has 1 unspecified atom stereocenters. The van der Waals surface area contributed by atoms with Crippen molar-refractivity contribution < 1.29 is 14.3 Å². The molecule has 0 aliphatic carbocycles. The molecule has 254 valence electrons. The summed E-state index contributed by atoms with van der Waals surface area (Å²) in [6.07, 6.45) is 32.3. The maximum atomic E-state index is 12.7. The highest BCUT2D eigenvalue weighted by Gasteiger charge is 2.11. The van der Waals surface area contributed by atoms with Gasteiger partial charge in [-0.3, -0.25) is 0 Å². The molecule has 3 heteroatoms. The molecule has 0 spiro atoms. The largest absolute Gasteiger partial charge is 0.423 e. The predicted molar refractivity (Wildman–Crippen MR) is 193 cm³/mol. The molecule has 2 aromatic rings. The van der Waals surface area contributed by atoms with Gasteiger partial charge < -0.3 is 9.47 Å². The van der Waals surface area contributed by atoms with Crippen molar-refractivity contribution in [2.45, 2.75) is 181 Å². The maximum absolute atomic E-state index is 12.7. The van der Waals surface area contributed by atoms with Gasteiger partial charge in [-0.05, 0) is 61.6 Å². The topological polar surface area (TPSA) is 35.5 Å². The molecule has 1 atom stereocenters. The Bertz CT molecular complexity index is 949. The van der Waals surface area contributed by atoms with Crippen LogP contribution in [0.5, 0.6) is 5.75 Å². The van der Waals surface area contributed by atoms with Gasteiger partial charge in [0.05, 0.1) is 11.7 Å². The van der Waals surface area contributed by atoms with Crippen LogP contribution < -0.4 is 4.74 Å². The molecule has 2 aromatic carbocycles. The van der Waals surface area contributed by atoms with Gasteiger partial charge in [-0.2, -0.15) is 0 Å². The number of aryl methyl sites for hydroxylation is 1. The van der Waals surface area contributed by atoms with Crippen LogP contribution in [-0.2, 0) is 11.2 Å². The average Bonchev–Trinajstić information content (AvgIpc) is 3.06. The number of benzene rings is 2. The maximum Gasteiger partial charge on any atom is 0.343 e. The summed E-state index contributed by atoms with van der Waals surface area (Å²) in [6.45, 7) is 7.45. The third-order valence-corrected chi connectivity index (χ3v) is 9.18. The number of esters is 1. The molecule has 2 rings (SSSR count). The lowest BCUT2D eigenvalue weighted by Gasteiger charge is -2.14. The van der Waals surface area contributed by atoms with Crippen molar-refractivity contribution in [2.24, 2.45) is 0 Å². The summed E-state index contributed by atoms with van der Waals surface area (Å²) >= 11 is 0. The highest BCUT2D eigenvalue weighted by molar-refractivity contribution is 5.91. The van der Waals surface area contributed by atoms with E-state index in [1.54, 1.807) is 0 Å². The monoisotopic (exact) mass is 621 g/mol. The lowest BCUT2D eigenvalue weighted by molar-refractivity contribution is 0.0627. The van der Waals surface area contributed by atoms with E-state index in [0.717, 1.165) is 25.0 Å². The number of ether oxygens (including phenoxy) is 2. The molecule has 0 saturated carbocycles. The molecule has 0 fully saturated rings. The molecule has 0 aliphatic rings. The summed E-state index contributed by atoms with van der Waals surface area (Å²) in [5, 5.41) is 0. The number of carbonyl (C=O) groups excluding carboxylic acids is 1. The Morgan fingerprint density at radius 1 is 0.533 bits per heavy atom. The number of unbranched alkanes of at least 4 members (excludes halogenated alkanes) is 21. The molecule has 0 radical (unpaired) electrons. The highest BCUT2D eigenvalue weighted by Crippen LogP contribution is 2.22. The predicted octanol–water partition coefficient (Wildman–Crippen LogP) is 13.5. The summed E-state index contributed by atoms with van der Waals surface area (Å²) in [7, 11) is 0. The Labute approximate surface area is 278 Å². The Hall–Kier alpha value is -2.13. The molecule has 0 heterocycles. The molecular formula is C42H68O3. The van der Waals surface area contributed by atoms with Crippen LogP contribution in [0.4, 0.5) is 0 Å². The molecule has 0 aliphatic heterocycles. The Morgan fingerprint density at radius 2 is 0.956 bits per heavy atom. The number of hydrogen-bond donors (Lipinski definition) is 0. The smallest absolute Gasteiger partial charge is 0.343 e. The van der Waals surface area contributed by atoms with Crippen LogP contribution in [-0.4, -0.2) is 12.6 Å². The molecule has 3 nitrogen and oxygen atoms in total. The third kappa shape index (κ3) is 19.9. The van der Waals surface area contributed by atoms with Crippen molar-refractivity contribution in [3.05, 3.63) is 65.2 Å². The average molecular weight is 621 g/mol. The SMILES string of the molecule is CCCCCCCCCCCCCCCc1ccc(C(=O)Oc2ccc(C(C)OCCCCCCCCCCCC)cc2)cc1. The minimum Gasteiger partial charge on any atom is -0.423 e. The van der Waals surface area contributed by atoms with Gasteiger partial charge in [0.2, 0.25) is 0 Å². The van der Waals surface area contributed by atoms with Crippen molar-refractivity contribution in [3.63, 3.8) is 0 Å². The van der Waals surface area contributed by atoms with Gasteiger partial charge in [-0.1, -0.05) is 173 Å². The molecule has 0 aromatic heterocycles. The van der Waals surface area contributed by atoms with Crippen molar-refractivity contribution in [2.75, 3.05) is 6.61 Å². The van der Waals surface area contributed by atoms with Gasteiger partial charge in [0.15, 0.2) is 0 Å². The summed E-state index contributed by atoms with van der Waals surface area (Å²) in [5.41, 5.74) is 3.01. The van der Waals surface area contributed by atoms with E-state index in [0.29, 0.717) is 11.3 Å². The van der Waals surface area contributed by atoms with Crippen LogP contribution in [0.2, 0.25) is 0 Å². The van der Waals surface area contributed by atoms with Gasteiger partial charge in [0.1, 0.15) is 5.75 Å².